The van der Waals surface area contributed by atoms with Gasteiger partial charge < -0.3 is 20.4 Å². The minimum absolute atomic E-state index is 0.0591. The Labute approximate surface area is 203 Å². The highest BCUT2D eigenvalue weighted by Crippen LogP contribution is 2.21. The van der Waals surface area contributed by atoms with Gasteiger partial charge in [0, 0.05) is 69.6 Å². The minimum atomic E-state index is -0.346. The van der Waals surface area contributed by atoms with Gasteiger partial charge in [-0.05, 0) is 61.0 Å². The summed E-state index contributed by atoms with van der Waals surface area (Å²) in [5, 5.41) is 6.29. The largest absolute Gasteiger partial charge is 0.378 e. The first kappa shape index (κ1) is 23.6. The molecule has 6 nitrogen and oxygen atoms in total. The van der Waals surface area contributed by atoms with E-state index < -0.39 is 0 Å². The fourth-order valence-corrected chi connectivity index (χ4v) is 4.18. The summed E-state index contributed by atoms with van der Waals surface area (Å²) in [7, 11) is 3.99. The van der Waals surface area contributed by atoms with Gasteiger partial charge in [0.25, 0.3) is 0 Å². The Balaban J connectivity index is 1.25. The van der Waals surface area contributed by atoms with Gasteiger partial charge in [-0.1, -0.05) is 30.3 Å². The van der Waals surface area contributed by atoms with Gasteiger partial charge in [-0.2, -0.15) is 0 Å². The molecule has 0 aromatic heterocycles. The Morgan fingerprint density at radius 1 is 0.853 bits per heavy atom. The molecule has 4 rings (SSSR count). The highest BCUT2D eigenvalue weighted by molar-refractivity contribution is 5.96. The van der Waals surface area contributed by atoms with Crippen LogP contribution >= 0.6 is 0 Å². The molecule has 34 heavy (non-hydrogen) atoms. The van der Waals surface area contributed by atoms with Gasteiger partial charge in [0.05, 0.1) is 0 Å². The Kier molecular flexibility index (Phi) is 7.70. The first-order chi connectivity index (χ1) is 16.5. The Morgan fingerprint density at radius 3 is 2.09 bits per heavy atom. The van der Waals surface area contributed by atoms with E-state index in [-0.39, 0.29) is 11.9 Å². The predicted molar refractivity (Wildman–Crippen MR) is 143 cm³/mol. The van der Waals surface area contributed by atoms with Crippen LogP contribution in [0.1, 0.15) is 12.5 Å². The number of carbonyl (C=O) groups excluding carboxylic acids is 1. The van der Waals surface area contributed by atoms with Crippen molar-refractivity contribution in [2.75, 3.05) is 60.7 Å². The molecule has 3 aromatic rings. The molecule has 1 heterocycles. The molecule has 1 amide bonds. The molecule has 0 unspecified atom stereocenters. The summed E-state index contributed by atoms with van der Waals surface area (Å²) in [6, 6.07) is 26.5. The van der Waals surface area contributed by atoms with E-state index in [1.54, 1.807) is 0 Å². The predicted octanol–water partition coefficient (Wildman–Crippen LogP) is 4.51. The molecular weight excluding hydrogens is 422 g/mol. The third-order valence-electron chi connectivity index (χ3n) is 6.28. The van der Waals surface area contributed by atoms with Crippen LogP contribution < -0.4 is 20.4 Å². The number of carbonyl (C=O) groups is 1. The minimum Gasteiger partial charge on any atom is -0.378 e. The molecule has 0 aliphatic carbocycles. The summed E-state index contributed by atoms with van der Waals surface area (Å²) in [6.45, 7) is 7.04. The molecule has 1 atom stereocenters. The monoisotopic (exact) mass is 457 g/mol. The molecule has 0 radical (unpaired) electrons. The SMILES string of the molecule is C[C@H](Nc1ccc(N2CCN(Cc3ccccc3)CC2)cc1)C(=O)Nc1ccc(N(C)C)cc1. The lowest BCUT2D eigenvalue weighted by atomic mass is 10.2. The third kappa shape index (κ3) is 6.29. The van der Waals surface area contributed by atoms with Crippen molar-refractivity contribution in [2.45, 2.75) is 19.5 Å². The number of anilines is 4. The zero-order valence-corrected chi connectivity index (χ0v) is 20.4. The molecule has 6 heteroatoms. The van der Waals surface area contributed by atoms with Crippen LogP contribution in [0.3, 0.4) is 0 Å². The normalized spacial score (nSPS) is 15.0. The van der Waals surface area contributed by atoms with Crippen molar-refractivity contribution in [1.82, 2.24) is 4.90 Å². The van der Waals surface area contributed by atoms with Crippen molar-refractivity contribution in [2.24, 2.45) is 0 Å². The standard InChI is InChI=1S/C28H35N5O/c1-22(28(34)30-25-9-13-26(14-10-25)31(2)3)29-24-11-15-27(16-12-24)33-19-17-32(18-20-33)21-23-7-5-4-6-8-23/h4-16,22,29H,17-21H2,1-3H3,(H,30,34)/t22-/m0/s1. The van der Waals surface area contributed by atoms with Crippen LogP contribution in [0.5, 0.6) is 0 Å². The van der Waals surface area contributed by atoms with Crippen molar-refractivity contribution >= 4 is 28.7 Å². The van der Waals surface area contributed by atoms with Crippen LogP contribution in [0.15, 0.2) is 78.9 Å². The average Bonchev–Trinajstić information content (AvgIpc) is 2.86. The molecule has 1 aliphatic rings. The van der Waals surface area contributed by atoms with E-state index in [4.69, 9.17) is 0 Å². The first-order valence-electron chi connectivity index (χ1n) is 11.9. The molecule has 0 spiro atoms. The number of piperazine rings is 1. The van der Waals surface area contributed by atoms with Crippen molar-refractivity contribution in [3.05, 3.63) is 84.4 Å². The highest BCUT2D eigenvalue weighted by atomic mass is 16.2. The second-order valence-corrected chi connectivity index (χ2v) is 9.09. The van der Waals surface area contributed by atoms with Crippen molar-refractivity contribution in [3.8, 4) is 0 Å². The van der Waals surface area contributed by atoms with Crippen LogP contribution in [-0.4, -0.2) is 57.1 Å². The third-order valence-corrected chi connectivity index (χ3v) is 6.28. The lowest BCUT2D eigenvalue weighted by Crippen LogP contribution is -2.45. The summed E-state index contributed by atoms with van der Waals surface area (Å²) < 4.78 is 0. The Hall–Kier alpha value is -3.51. The van der Waals surface area contributed by atoms with Crippen LogP contribution in [0, 0.1) is 0 Å². The van der Waals surface area contributed by atoms with E-state index in [0.717, 1.165) is 49.8 Å². The second kappa shape index (κ2) is 11.1. The van der Waals surface area contributed by atoms with Gasteiger partial charge >= 0.3 is 0 Å². The molecule has 1 saturated heterocycles. The summed E-state index contributed by atoms with van der Waals surface area (Å²) >= 11 is 0. The average molecular weight is 458 g/mol. The Morgan fingerprint density at radius 2 is 1.47 bits per heavy atom. The van der Waals surface area contributed by atoms with Crippen molar-refractivity contribution < 1.29 is 4.79 Å². The quantitative estimate of drug-likeness (QED) is 0.521. The smallest absolute Gasteiger partial charge is 0.246 e. The van der Waals surface area contributed by atoms with Crippen LogP contribution in [0.4, 0.5) is 22.7 Å². The van der Waals surface area contributed by atoms with Gasteiger partial charge in [-0.25, -0.2) is 0 Å². The van der Waals surface area contributed by atoms with E-state index >= 15 is 0 Å². The summed E-state index contributed by atoms with van der Waals surface area (Å²) in [4.78, 5) is 19.6. The highest BCUT2D eigenvalue weighted by Gasteiger charge is 2.18. The van der Waals surface area contributed by atoms with E-state index in [1.807, 2.05) is 50.2 Å². The fraction of sp³-hybridized carbons (Fsp3) is 0.321. The van der Waals surface area contributed by atoms with Crippen molar-refractivity contribution in [3.63, 3.8) is 0 Å². The summed E-state index contributed by atoms with van der Waals surface area (Å²) in [6.07, 6.45) is 0. The molecular formula is C28H35N5O. The molecule has 1 aliphatic heterocycles. The summed E-state index contributed by atoms with van der Waals surface area (Å²) in [5.74, 6) is -0.0591. The van der Waals surface area contributed by atoms with Crippen LogP contribution in [-0.2, 0) is 11.3 Å². The van der Waals surface area contributed by atoms with E-state index in [9.17, 15) is 4.79 Å². The number of amides is 1. The Bertz CT molecular complexity index is 1040. The van der Waals surface area contributed by atoms with Gasteiger partial charge in [-0.15, -0.1) is 0 Å². The molecule has 0 bridgehead atoms. The molecule has 2 N–H and O–H groups in total. The topological polar surface area (TPSA) is 50.9 Å². The lowest BCUT2D eigenvalue weighted by Gasteiger charge is -2.36. The van der Waals surface area contributed by atoms with Gasteiger partial charge in [0.15, 0.2) is 0 Å². The molecule has 1 fully saturated rings. The first-order valence-corrected chi connectivity index (χ1v) is 11.9. The number of hydrogen-bond acceptors (Lipinski definition) is 5. The number of hydrogen-bond donors (Lipinski definition) is 2. The zero-order chi connectivity index (χ0) is 23.9. The maximum Gasteiger partial charge on any atom is 0.246 e. The molecule has 0 saturated carbocycles. The second-order valence-electron chi connectivity index (χ2n) is 9.09. The van der Waals surface area contributed by atoms with Gasteiger partial charge in [0.1, 0.15) is 6.04 Å². The maximum atomic E-state index is 12.6. The van der Waals surface area contributed by atoms with E-state index in [0.29, 0.717) is 0 Å². The molecule has 178 valence electrons. The van der Waals surface area contributed by atoms with Crippen molar-refractivity contribution in [1.29, 1.82) is 0 Å². The lowest BCUT2D eigenvalue weighted by molar-refractivity contribution is -0.116. The number of nitrogens with one attached hydrogen (secondary N) is 2. The number of benzene rings is 3. The van der Waals surface area contributed by atoms with Gasteiger partial charge in [-0.3, -0.25) is 9.69 Å². The number of rotatable bonds is 8. The molecule has 3 aromatic carbocycles. The number of nitrogens with zero attached hydrogens (tertiary/aromatic N) is 3. The fourth-order valence-electron chi connectivity index (χ4n) is 4.18. The van der Waals surface area contributed by atoms with Gasteiger partial charge in [0.2, 0.25) is 5.91 Å². The van der Waals surface area contributed by atoms with E-state index in [1.165, 1.54) is 11.3 Å². The maximum absolute atomic E-state index is 12.6. The summed E-state index contributed by atoms with van der Waals surface area (Å²) in [5.41, 5.74) is 5.43. The van der Waals surface area contributed by atoms with E-state index in [2.05, 4.69) is 75.0 Å². The van der Waals surface area contributed by atoms with Crippen LogP contribution in [0.2, 0.25) is 0 Å². The van der Waals surface area contributed by atoms with Crippen LogP contribution in [0.25, 0.3) is 0 Å². The zero-order valence-electron chi connectivity index (χ0n) is 20.4.